The van der Waals surface area contributed by atoms with Crippen LogP contribution in [0.1, 0.15) is 40.5 Å². The number of hydrogen-bond donors (Lipinski definition) is 1. The van der Waals surface area contributed by atoms with Crippen molar-refractivity contribution in [2.45, 2.75) is 46.6 Å². The Labute approximate surface area is 95.4 Å². The van der Waals surface area contributed by atoms with Crippen molar-refractivity contribution in [1.82, 2.24) is 10.2 Å². The fourth-order valence-corrected chi connectivity index (χ4v) is 1.86. The topological polar surface area (TPSA) is 15.3 Å². The van der Waals surface area contributed by atoms with E-state index in [-0.39, 0.29) is 0 Å². The van der Waals surface area contributed by atoms with Gasteiger partial charge in [0, 0.05) is 6.04 Å². The molecule has 0 aromatic heterocycles. The monoisotopic (exact) mass is 212 g/mol. The highest BCUT2D eigenvalue weighted by molar-refractivity contribution is 4.78. The third-order valence-electron chi connectivity index (χ3n) is 3.91. The fraction of sp³-hybridized carbons (Fsp3) is 1.00. The summed E-state index contributed by atoms with van der Waals surface area (Å²) in [6.45, 7) is 13.0. The van der Waals surface area contributed by atoms with E-state index in [0.29, 0.717) is 5.41 Å². The third kappa shape index (κ3) is 4.52. The predicted molar refractivity (Wildman–Crippen MR) is 67.1 cm³/mol. The Morgan fingerprint density at radius 1 is 1.27 bits per heavy atom. The van der Waals surface area contributed by atoms with Crippen LogP contribution in [0.2, 0.25) is 0 Å². The molecule has 0 aliphatic carbocycles. The molecular weight excluding hydrogens is 184 g/mol. The van der Waals surface area contributed by atoms with Crippen molar-refractivity contribution in [3.05, 3.63) is 0 Å². The van der Waals surface area contributed by atoms with Crippen LogP contribution in [0.25, 0.3) is 0 Å². The van der Waals surface area contributed by atoms with Crippen molar-refractivity contribution in [3.63, 3.8) is 0 Å². The van der Waals surface area contributed by atoms with Gasteiger partial charge >= 0.3 is 0 Å². The summed E-state index contributed by atoms with van der Waals surface area (Å²) >= 11 is 0. The molecule has 0 radical (unpaired) electrons. The van der Waals surface area contributed by atoms with Crippen LogP contribution in [-0.4, -0.2) is 37.6 Å². The van der Waals surface area contributed by atoms with E-state index in [9.17, 15) is 0 Å². The first-order valence-corrected chi connectivity index (χ1v) is 6.31. The first kappa shape index (κ1) is 13.0. The fourth-order valence-electron chi connectivity index (χ4n) is 1.86. The second-order valence-corrected chi connectivity index (χ2v) is 6.25. The Bertz CT molecular complexity index is 175. The molecule has 1 fully saturated rings. The molecule has 1 aliphatic heterocycles. The van der Waals surface area contributed by atoms with Crippen LogP contribution in [-0.2, 0) is 0 Å². The molecule has 1 aliphatic rings. The van der Waals surface area contributed by atoms with Crippen LogP contribution in [0, 0.1) is 11.3 Å². The quantitative estimate of drug-likeness (QED) is 0.772. The molecule has 2 nitrogen and oxygen atoms in total. The van der Waals surface area contributed by atoms with Crippen LogP contribution >= 0.6 is 0 Å². The lowest BCUT2D eigenvalue weighted by atomic mass is 9.82. The van der Waals surface area contributed by atoms with Gasteiger partial charge in [-0.2, -0.15) is 0 Å². The van der Waals surface area contributed by atoms with Gasteiger partial charge in [0.05, 0.1) is 0 Å². The minimum absolute atomic E-state index is 0.429. The Balaban J connectivity index is 2.20. The summed E-state index contributed by atoms with van der Waals surface area (Å²) in [4.78, 5) is 2.42. The second kappa shape index (κ2) is 5.31. The molecule has 0 amide bonds. The van der Waals surface area contributed by atoms with Crippen molar-refractivity contribution < 1.29 is 0 Å². The average molecular weight is 212 g/mol. The summed E-state index contributed by atoms with van der Waals surface area (Å²) in [7, 11) is 2.22. The van der Waals surface area contributed by atoms with Crippen molar-refractivity contribution in [2.24, 2.45) is 11.3 Å². The molecule has 0 spiro atoms. The Hall–Kier alpha value is -0.0800. The van der Waals surface area contributed by atoms with E-state index in [0.717, 1.165) is 18.5 Å². The largest absolute Gasteiger partial charge is 0.314 e. The summed E-state index contributed by atoms with van der Waals surface area (Å²) < 4.78 is 0. The molecule has 0 saturated carbocycles. The third-order valence-corrected chi connectivity index (χ3v) is 3.91. The molecule has 90 valence electrons. The number of rotatable bonds is 3. The zero-order valence-corrected chi connectivity index (χ0v) is 11.1. The molecule has 1 N–H and O–H groups in total. The predicted octanol–water partition coefficient (Wildman–Crippen LogP) is 2.35. The van der Waals surface area contributed by atoms with Crippen LogP contribution in [0.3, 0.4) is 0 Å². The van der Waals surface area contributed by atoms with E-state index in [4.69, 9.17) is 0 Å². The molecule has 1 heterocycles. The van der Waals surface area contributed by atoms with E-state index in [1.54, 1.807) is 0 Å². The van der Waals surface area contributed by atoms with E-state index < -0.39 is 0 Å². The Morgan fingerprint density at radius 3 is 2.27 bits per heavy atom. The first-order valence-electron chi connectivity index (χ1n) is 6.31. The number of piperidine rings is 1. The zero-order chi connectivity index (χ0) is 11.5. The van der Waals surface area contributed by atoms with E-state index in [1.807, 2.05) is 0 Å². The van der Waals surface area contributed by atoms with Gasteiger partial charge in [0.25, 0.3) is 0 Å². The molecule has 1 saturated heterocycles. The maximum atomic E-state index is 3.72. The van der Waals surface area contributed by atoms with Crippen LogP contribution < -0.4 is 5.32 Å². The number of likely N-dealkylation sites (tertiary alicyclic amines) is 1. The first-order chi connectivity index (χ1) is 6.89. The molecule has 1 rings (SSSR count). The highest BCUT2D eigenvalue weighted by atomic mass is 15.1. The molecule has 15 heavy (non-hydrogen) atoms. The van der Waals surface area contributed by atoms with Crippen molar-refractivity contribution in [3.8, 4) is 0 Å². The van der Waals surface area contributed by atoms with Crippen molar-refractivity contribution >= 4 is 0 Å². The number of nitrogens with one attached hydrogen (secondary N) is 1. The van der Waals surface area contributed by atoms with Gasteiger partial charge in [-0.3, -0.25) is 0 Å². The second-order valence-electron chi connectivity index (χ2n) is 6.25. The lowest BCUT2D eigenvalue weighted by Crippen LogP contribution is -2.43. The highest BCUT2D eigenvalue weighted by Crippen LogP contribution is 2.24. The minimum Gasteiger partial charge on any atom is -0.314 e. The van der Waals surface area contributed by atoms with Gasteiger partial charge in [-0.15, -0.1) is 0 Å². The molecular formula is C13H28N2. The highest BCUT2D eigenvalue weighted by Gasteiger charge is 2.22. The lowest BCUT2D eigenvalue weighted by molar-refractivity contribution is 0.205. The number of nitrogens with zero attached hydrogens (tertiary/aromatic N) is 1. The normalized spacial score (nSPS) is 23.0. The Morgan fingerprint density at radius 2 is 1.80 bits per heavy atom. The average Bonchev–Trinajstić information content (AvgIpc) is 2.15. The summed E-state index contributed by atoms with van der Waals surface area (Å²) in [6, 6.07) is 0.756. The molecule has 1 atom stereocenters. The van der Waals surface area contributed by atoms with Gasteiger partial charge in [0.2, 0.25) is 0 Å². The van der Waals surface area contributed by atoms with Gasteiger partial charge < -0.3 is 10.2 Å². The molecule has 0 bridgehead atoms. The maximum Gasteiger partial charge on any atom is 0.00915 e. The summed E-state index contributed by atoms with van der Waals surface area (Å²) in [5, 5.41) is 3.72. The van der Waals surface area contributed by atoms with Gasteiger partial charge in [-0.05, 0) is 50.9 Å². The van der Waals surface area contributed by atoms with Gasteiger partial charge in [-0.25, -0.2) is 0 Å². The van der Waals surface area contributed by atoms with E-state index in [2.05, 4.69) is 45.0 Å². The van der Waals surface area contributed by atoms with Crippen LogP contribution in [0.4, 0.5) is 0 Å². The number of hydrogen-bond acceptors (Lipinski definition) is 2. The smallest absolute Gasteiger partial charge is 0.00915 e. The molecule has 0 aromatic rings. The van der Waals surface area contributed by atoms with Crippen LogP contribution in [0.15, 0.2) is 0 Å². The van der Waals surface area contributed by atoms with Crippen LogP contribution in [0.5, 0.6) is 0 Å². The van der Waals surface area contributed by atoms with Crippen molar-refractivity contribution in [1.29, 1.82) is 0 Å². The summed E-state index contributed by atoms with van der Waals surface area (Å²) in [6.07, 6.45) is 2.63. The zero-order valence-electron chi connectivity index (χ0n) is 11.1. The molecule has 1 unspecified atom stereocenters. The molecule has 0 aromatic carbocycles. The minimum atomic E-state index is 0.429. The van der Waals surface area contributed by atoms with Crippen molar-refractivity contribution in [2.75, 3.05) is 26.7 Å². The standard InChI is InChI=1S/C13H28N2/c1-11(13(2,3)4)10-14-12-6-8-15(5)9-7-12/h11-12,14H,6-10H2,1-5H3. The Kier molecular flexibility index (Phi) is 4.60. The van der Waals surface area contributed by atoms with Gasteiger partial charge in [-0.1, -0.05) is 27.7 Å². The SMILES string of the molecule is CC(CNC1CCN(C)CC1)C(C)(C)C. The van der Waals surface area contributed by atoms with Gasteiger partial charge in [0.1, 0.15) is 0 Å². The van der Waals surface area contributed by atoms with E-state index >= 15 is 0 Å². The maximum absolute atomic E-state index is 3.72. The summed E-state index contributed by atoms with van der Waals surface area (Å²) in [5.41, 5.74) is 0.429. The van der Waals surface area contributed by atoms with Gasteiger partial charge in [0.15, 0.2) is 0 Å². The lowest BCUT2D eigenvalue weighted by Gasteiger charge is -2.33. The summed E-state index contributed by atoms with van der Waals surface area (Å²) in [5.74, 6) is 0.747. The molecule has 2 heteroatoms. The van der Waals surface area contributed by atoms with E-state index in [1.165, 1.54) is 25.9 Å².